The summed E-state index contributed by atoms with van der Waals surface area (Å²) in [6.07, 6.45) is 0. The van der Waals surface area contributed by atoms with Crippen LogP contribution in [-0.4, -0.2) is 19.0 Å². The molecular weight excluding hydrogens is 392 g/mol. The fourth-order valence-corrected chi connectivity index (χ4v) is 3.70. The summed E-state index contributed by atoms with van der Waals surface area (Å²) in [4.78, 5) is 36.7. The number of thiophene rings is 1. The molecule has 3 aromatic rings. The Kier molecular flexibility index (Phi) is 4.99. The lowest BCUT2D eigenvalue weighted by Crippen LogP contribution is -2.20. The predicted octanol–water partition coefficient (Wildman–Crippen LogP) is 3.73. The van der Waals surface area contributed by atoms with E-state index in [0.717, 1.165) is 11.3 Å². The average molecular weight is 403 g/mol. The number of carbonyl (C=O) groups excluding carboxylic acids is 2. The predicted molar refractivity (Wildman–Crippen MR) is 101 cm³/mol. The summed E-state index contributed by atoms with van der Waals surface area (Å²) in [5.74, 6) is -1.38. The number of amides is 1. The molecule has 0 aliphatic heterocycles. The normalized spacial score (nSPS) is 10.4. The van der Waals surface area contributed by atoms with Crippen molar-refractivity contribution in [3.05, 3.63) is 61.3 Å². The minimum Gasteiger partial charge on any atom is -0.465 e. The molecule has 1 amide bonds. The number of hydrogen-bond acceptors (Lipinski definition) is 7. The molecule has 2 aromatic heterocycles. The number of nitrogens with zero attached hydrogens (tertiary/aromatic N) is 1. The first-order valence-electron chi connectivity index (χ1n) is 7.52. The third-order valence-electron chi connectivity index (χ3n) is 3.80. The highest BCUT2D eigenvalue weighted by Gasteiger charge is 2.23. The summed E-state index contributed by atoms with van der Waals surface area (Å²) < 4.78 is 9.81. The number of carbonyl (C=O) groups is 2. The third-order valence-corrected chi connectivity index (χ3v) is 5.22. The van der Waals surface area contributed by atoms with E-state index in [-0.39, 0.29) is 21.0 Å². The number of halogens is 1. The summed E-state index contributed by atoms with van der Waals surface area (Å²) in [5, 5.41) is 12.9. The van der Waals surface area contributed by atoms with Gasteiger partial charge in [0.05, 0.1) is 12.7 Å². The quantitative estimate of drug-likeness (QED) is 0.528. The maximum atomic E-state index is 12.6. The lowest BCUT2D eigenvalue weighted by atomic mass is 10.1. The first-order chi connectivity index (χ1) is 12.8. The van der Waals surface area contributed by atoms with Crippen molar-refractivity contribution in [1.82, 2.24) is 0 Å². The molecule has 0 unspecified atom stereocenters. The summed E-state index contributed by atoms with van der Waals surface area (Å²) >= 11 is 6.82. The van der Waals surface area contributed by atoms with Gasteiger partial charge >= 0.3 is 11.6 Å². The van der Waals surface area contributed by atoms with Gasteiger partial charge in [-0.25, -0.2) is 9.59 Å². The SMILES string of the molecule is COC(=O)c1sc(NC(=O)c2cc3cc(Cl)ccc3oc2=O)c(C#N)c1C. The van der Waals surface area contributed by atoms with Gasteiger partial charge in [0, 0.05) is 10.4 Å². The Bertz CT molecular complexity index is 1190. The highest BCUT2D eigenvalue weighted by molar-refractivity contribution is 7.18. The Balaban J connectivity index is 2.02. The number of fused-ring (bicyclic) bond motifs is 1. The molecule has 0 radical (unpaired) electrons. The molecule has 0 saturated carbocycles. The smallest absolute Gasteiger partial charge is 0.349 e. The molecule has 1 aromatic carbocycles. The molecule has 27 heavy (non-hydrogen) atoms. The Labute approximate surface area is 161 Å². The van der Waals surface area contributed by atoms with E-state index in [0.29, 0.717) is 21.6 Å². The third kappa shape index (κ3) is 3.43. The molecule has 0 saturated heterocycles. The zero-order valence-electron chi connectivity index (χ0n) is 14.1. The summed E-state index contributed by atoms with van der Waals surface area (Å²) in [6.45, 7) is 1.57. The minimum absolute atomic E-state index is 0.127. The van der Waals surface area contributed by atoms with E-state index in [1.165, 1.54) is 19.2 Å². The number of rotatable bonds is 3. The van der Waals surface area contributed by atoms with E-state index in [4.69, 9.17) is 16.0 Å². The molecule has 7 nitrogen and oxygen atoms in total. The number of methoxy groups -OCH3 is 1. The van der Waals surface area contributed by atoms with Crippen LogP contribution in [0.3, 0.4) is 0 Å². The second kappa shape index (κ2) is 7.23. The van der Waals surface area contributed by atoms with Gasteiger partial charge in [0.2, 0.25) is 0 Å². The van der Waals surface area contributed by atoms with Crippen LogP contribution >= 0.6 is 22.9 Å². The van der Waals surface area contributed by atoms with Crippen LogP contribution < -0.4 is 10.9 Å². The van der Waals surface area contributed by atoms with E-state index in [2.05, 4.69) is 10.1 Å². The molecule has 0 fully saturated rings. The minimum atomic E-state index is -0.831. The summed E-state index contributed by atoms with van der Waals surface area (Å²) in [5.41, 5.74) is -0.274. The van der Waals surface area contributed by atoms with Crippen molar-refractivity contribution < 1.29 is 18.7 Å². The maximum Gasteiger partial charge on any atom is 0.349 e. The van der Waals surface area contributed by atoms with Crippen molar-refractivity contribution in [3.8, 4) is 6.07 Å². The number of esters is 1. The highest BCUT2D eigenvalue weighted by atomic mass is 35.5. The molecule has 2 heterocycles. The molecule has 0 bridgehead atoms. The van der Waals surface area contributed by atoms with Crippen LogP contribution in [-0.2, 0) is 4.74 Å². The first kappa shape index (κ1) is 18.6. The molecule has 9 heteroatoms. The Morgan fingerprint density at radius 1 is 1.33 bits per heavy atom. The van der Waals surface area contributed by atoms with Gasteiger partial charge in [0.15, 0.2) is 0 Å². The van der Waals surface area contributed by atoms with Crippen LogP contribution in [0.1, 0.15) is 31.2 Å². The lowest BCUT2D eigenvalue weighted by molar-refractivity contribution is 0.0605. The fourth-order valence-electron chi connectivity index (χ4n) is 2.45. The van der Waals surface area contributed by atoms with Gasteiger partial charge in [0.1, 0.15) is 27.1 Å². The monoisotopic (exact) mass is 402 g/mol. The van der Waals surface area contributed by atoms with Gasteiger partial charge in [-0.2, -0.15) is 5.26 Å². The van der Waals surface area contributed by atoms with Crippen LogP contribution in [0.4, 0.5) is 5.00 Å². The molecular formula is C18H11ClN2O5S. The van der Waals surface area contributed by atoms with E-state index in [1.54, 1.807) is 19.1 Å². The second-order valence-corrected chi connectivity index (χ2v) is 6.90. The lowest BCUT2D eigenvalue weighted by Gasteiger charge is -2.04. The molecule has 0 spiro atoms. The van der Waals surface area contributed by atoms with Crippen molar-refractivity contribution in [2.24, 2.45) is 0 Å². The van der Waals surface area contributed by atoms with E-state index in [9.17, 15) is 19.6 Å². The molecule has 3 rings (SSSR count). The summed E-state index contributed by atoms with van der Waals surface area (Å²) in [6, 6.07) is 7.95. The number of nitriles is 1. The maximum absolute atomic E-state index is 12.6. The van der Waals surface area contributed by atoms with Gasteiger partial charge in [-0.15, -0.1) is 11.3 Å². The Morgan fingerprint density at radius 2 is 2.07 bits per heavy atom. The molecule has 0 aliphatic carbocycles. The number of anilines is 1. The molecule has 1 N–H and O–H groups in total. The van der Waals surface area contributed by atoms with Gasteiger partial charge in [-0.05, 0) is 36.8 Å². The topological polar surface area (TPSA) is 109 Å². The average Bonchev–Trinajstić information content (AvgIpc) is 2.95. The fraction of sp³-hybridized carbons (Fsp3) is 0.111. The van der Waals surface area contributed by atoms with Crippen LogP contribution in [0, 0.1) is 18.3 Å². The largest absolute Gasteiger partial charge is 0.465 e. The van der Waals surface area contributed by atoms with Crippen LogP contribution in [0.5, 0.6) is 0 Å². The number of nitrogens with one attached hydrogen (secondary N) is 1. The van der Waals surface area contributed by atoms with E-state index >= 15 is 0 Å². The van der Waals surface area contributed by atoms with Crippen LogP contribution in [0.2, 0.25) is 5.02 Å². The van der Waals surface area contributed by atoms with Crippen molar-refractivity contribution >= 4 is 50.8 Å². The van der Waals surface area contributed by atoms with Crippen molar-refractivity contribution in [2.45, 2.75) is 6.92 Å². The van der Waals surface area contributed by atoms with Gasteiger partial charge in [0.25, 0.3) is 5.91 Å². The van der Waals surface area contributed by atoms with E-state index in [1.807, 2.05) is 6.07 Å². The number of hydrogen-bond donors (Lipinski definition) is 1. The van der Waals surface area contributed by atoms with Crippen molar-refractivity contribution in [2.75, 3.05) is 12.4 Å². The zero-order chi connectivity index (χ0) is 19.7. The molecule has 136 valence electrons. The van der Waals surface area contributed by atoms with E-state index < -0.39 is 17.5 Å². The Hall–Kier alpha value is -3.15. The first-order valence-corrected chi connectivity index (χ1v) is 8.71. The van der Waals surface area contributed by atoms with Gasteiger partial charge in [-0.1, -0.05) is 11.6 Å². The highest BCUT2D eigenvalue weighted by Crippen LogP contribution is 2.33. The second-order valence-electron chi connectivity index (χ2n) is 5.45. The number of ether oxygens (including phenoxy) is 1. The Morgan fingerprint density at radius 3 is 2.74 bits per heavy atom. The van der Waals surface area contributed by atoms with Crippen molar-refractivity contribution in [1.29, 1.82) is 5.26 Å². The molecule has 0 atom stereocenters. The zero-order valence-corrected chi connectivity index (χ0v) is 15.7. The van der Waals surface area contributed by atoms with Crippen molar-refractivity contribution in [3.63, 3.8) is 0 Å². The summed E-state index contributed by atoms with van der Waals surface area (Å²) in [7, 11) is 1.22. The van der Waals surface area contributed by atoms with Gasteiger partial charge < -0.3 is 14.5 Å². The van der Waals surface area contributed by atoms with Crippen LogP contribution in [0.15, 0.2) is 33.5 Å². The van der Waals surface area contributed by atoms with Crippen LogP contribution in [0.25, 0.3) is 11.0 Å². The number of benzene rings is 1. The molecule has 0 aliphatic rings. The van der Waals surface area contributed by atoms with Gasteiger partial charge in [-0.3, -0.25) is 4.79 Å². The standard InChI is InChI=1S/C18H11ClN2O5S/c1-8-12(7-20)16(27-14(8)18(24)25-2)21-15(22)11-6-9-5-10(19)3-4-13(9)26-17(11)23/h3-6H,1-2H3,(H,21,22).